The number of nitrogens with one attached hydrogen (secondary N) is 2. The summed E-state index contributed by atoms with van der Waals surface area (Å²) >= 11 is 1.07. The molecule has 4 N–H and O–H groups in total. The number of hydrazine groups is 1. The second-order valence-corrected chi connectivity index (χ2v) is 4.51. The first-order chi connectivity index (χ1) is 9.71. The van der Waals surface area contributed by atoms with E-state index in [2.05, 4.69) is 30.3 Å². The highest BCUT2D eigenvalue weighted by molar-refractivity contribution is 7.99. The molecule has 2 aromatic rings. The predicted molar refractivity (Wildman–Crippen MR) is 72.4 cm³/mol. The van der Waals surface area contributed by atoms with Crippen LogP contribution >= 0.6 is 11.8 Å². The first-order valence-corrected chi connectivity index (χ1v) is 6.61. The molecule has 0 atom stereocenters. The van der Waals surface area contributed by atoms with Crippen molar-refractivity contribution in [3.63, 3.8) is 0 Å². The van der Waals surface area contributed by atoms with Crippen molar-refractivity contribution in [3.05, 3.63) is 22.6 Å². The quantitative estimate of drug-likeness (QED) is 0.388. The Balaban J connectivity index is 2.23. The van der Waals surface area contributed by atoms with Crippen LogP contribution in [0, 0.1) is 0 Å². The molecular weight excluding hydrogens is 282 g/mol. The topological polar surface area (TPSA) is 132 Å². The molecule has 106 valence electrons. The minimum absolute atomic E-state index is 0.163. The van der Waals surface area contributed by atoms with Gasteiger partial charge in [0.05, 0.1) is 6.61 Å². The SMILES string of the molecule is CCCOc1nc(NN)nc(Sc2nccc(=O)[nH]2)n1. The predicted octanol–water partition coefficient (Wildman–Crippen LogP) is 0.180. The molecule has 0 aliphatic carbocycles. The summed E-state index contributed by atoms with van der Waals surface area (Å²) < 4.78 is 5.34. The lowest BCUT2D eigenvalue weighted by atomic mass is 10.5. The number of ether oxygens (including phenoxy) is 1. The molecule has 10 heteroatoms. The molecular formula is C10H13N7O2S. The van der Waals surface area contributed by atoms with Crippen LogP contribution < -0.4 is 21.6 Å². The molecule has 0 radical (unpaired) electrons. The third-order valence-corrected chi connectivity index (χ3v) is 2.76. The zero-order valence-electron chi connectivity index (χ0n) is 10.7. The van der Waals surface area contributed by atoms with E-state index in [1.165, 1.54) is 12.3 Å². The third-order valence-electron chi connectivity index (χ3n) is 1.99. The maximum Gasteiger partial charge on any atom is 0.322 e. The molecule has 0 aliphatic rings. The summed E-state index contributed by atoms with van der Waals surface area (Å²) in [4.78, 5) is 29.9. The van der Waals surface area contributed by atoms with E-state index in [0.717, 1.165) is 18.2 Å². The van der Waals surface area contributed by atoms with Crippen molar-refractivity contribution in [1.82, 2.24) is 24.9 Å². The molecule has 0 saturated carbocycles. The van der Waals surface area contributed by atoms with Gasteiger partial charge in [0.15, 0.2) is 5.16 Å². The van der Waals surface area contributed by atoms with Gasteiger partial charge in [-0.15, -0.1) is 0 Å². The fraction of sp³-hybridized carbons (Fsp3) is 0.300. The van der Waals surface area contributed by atoms with Crippen molar-refractivity contribution in [3.8, 4) is 6.01 Å². The molecule has 2 aromatic heterocycles. The van der Waals surface area contributed by atoms with Crippen molar-refractivity contribution in [2.75, 3.05) is 12.0 Å². The first-order valence-electron chi connectivity index (χ1n) is 5.80. The number of hydrogen-bond acceptors (Lipinski definition) is 9. The highest BCUT2D eigenvalue weighted by atomic mass is 32.2. The molecule has 0 amide bonds. The minimum atomic E-state index is -0.254. The molecule has 2 heterocycles. The number of nitrogens with two attached hydrogens (primary N) is 1. The Morgan fingerprint density at radius 1 is 1.45 bits per heavy atom. The molecule has 0 bridgehead atoms. The largest absolute Gasteiger partial charge is 0.463 e. The van der Waals surface area contributed by atoms with E-state index in [0.29, 0.717) is 16.9 Å². The molecule has 0 spiro atoms. The van der Waals surface area contributed by atoms with Crippen molar-refractivity contribution in [2.45, 2.75) is 23.7 Å². The molecule has 0 aliphatic heterocycles. The van der Waals surface area contributed by atoms with Gasteiger partial charge in [0.2, 0.25) is 11.1 Å². The van der Waals surface area contributed by atoms with E-state index in [1.54, 1.807) is 0 Å². The Morgan fingerprint density at radius 2 is 2.30 bits per heavy atom. The summed E-state index contributed by atoms with van der Waals surface area (Å²) in [5.74, 6) is 5.47. The van der Waals surface area contributed by atoms with Crippen molar-refractivity contribution in [1.29, 1.82) is 0 Å². The van der Waals surface area contributed by atoms with Crippen LogP contribution in [0.4, 0.5) is 5.95 Å². The lowest BCUT2D eigenvalue weighted by Crippen LogP contribution is -2.13. The number of nitrogens with zero attached hydrogens (tertiary/aromatic N) is 4. The number of H-pyrrole nitrogens is 1. The Labute approximate surface area is 118 Å². The zero-order chi connectivity index (χ0) is 14.4. The Kier molecular flexibility index (Phi) is 4.85. The van der Waals surface area contributed by atoms with Gasteiger partial charge in [-0.3, -0.25) is 10.2 Å². The lowest BCUT2D eigenvalue weighted by Gasteiger charge is -2.06. The normalized spacial score (nSPS) is 10.3. The van der Waals surface area contributed by atoms with Crippen LogP contribution in [0.3, 0.4) is 0 Å². The Bertz CT molecular complexity index is 633. The van der Waals surface area contributed by atoms with Gasteiger partial charge in [-0.25, -0.2) is 10.8 Å². The number of hydrogen-bond donors (Lipinski definition) is 3. The van der Waals surface area contributed by atoms with E-state index in [9.17, 15) is 4.79 Å². The van der Waals surface area contributed by atoms with Crippen molar-refractivity contribution < 1.29 is 4.74 Å². The van der Waals surface area contributed by atoms with Crippen LogP contribution in [-0.2, 0) is 0 Å². The summed E-state index contributed by atoms with van der Waals surface area (Å²) in [7, 11) is 0. The van der Waals surface area contributed by atoms with Gasteiger partial charge < -0.3 is 9.72 Å². The summed E-state index contributed by atoms with van der Waals surface area (Å²) in [6.07, 6.45) is 2.23. The number of nitrogen functional groups attached to an aromatic ring is 1. The van der Waals surface area contributed by atoms with Crippen LogP contribution in [-0.4, -0.2) is 31.5 Å². The lowest BCUT2D eigenvalue weighted by molar-refractivity contribution is 0.288. The summed E-state index contributed by atoms with van der Waals surface area (Å²) in [5, 5.41) is 0.682. The van der Waals surface area contributed by atoms with Crippen LogP contribution in [0.25, 0.3) is 0 Å². The minimum Gasteiger partial charge on any atom is -0.463 e. The number of aromatic nitrogens is 5. The fourth-order valence-corrected chi connectivity index (χ4v) is 1.89. The average molecular weight is 295 g/mol. The molecule has 0 unspecified atom stereocenters. The number of aromatic amines is 1. The molecule has 2 rings (SSSR count). The second-order valence-electron chi connectivity index (χ2n) is 3.56. The van der Waals surface area contributed by atoms with Crippen molar-refractivity contribution >= 4 is 17.7 Å². The van der Waals surface area contributed by atoms with E-state index < -0.39 is 0 Å². The van der Waals surface area contributed by atoms with Gasteiger partial charge in [-0.2, -0.15) is 15.0 Å². The third kappa shape index (κ3) is 3.90. The Hall–Kier alpha value is -2.20. The second kappa shape index (κ2) is 6.82. The summed E-state index contributed by atoms with van der Waals surface area (Å²) in [6, 6.07) is 1.48. The van der Waals surface area contributed by atoms with E-state index in [4.69, 9.17) is 10.6 Å². The molecule has 0 saturated heterocycles. The maximum absolute atomic E-state index is 11.2. The molecule has 20 heavy (non-hydrogen) atoms. The van der Waals surface area contributed by atoms with Crippen LogP contribution in [0.5, 0.6) is 6.01 Å². The fourth-order valence-electron chi connectivity index (χ4n) is 1.20. The molecule has 0 fully saturated rings. The maximum atomic E-state index is 11.2. The van der Waals surface area contributed by atoms with Crippen LogP contribution in [0.2, 0.25) is 0 Å². The van der Waals surface area contributed by atoms with Crippen LogP contribution in [0.1, 0.15) is 13.3 Å². The van der Waals surface area contributed by atoms with Gasteiger partial charge >= 0.3 is 6.01 Å². The number of rotatable bonds is 6. The van der Waals surface area contributed by atoms with Gasteiger partial charge in [0, 0.05) is 12.3 Å². The van der Waals surface area contributed by atoms with E-state index in [1.807, 2.05) is 6.92 Å². The smallest absolute Gasteiger partial charge is 0.322 e. The standard InChI is InChI=1S/C10H13N7O2S/c1-2-5-19-8-14-7(17-11)15-10(16-8)20-9-12-4-3-6(18)13-9/h3-4H,2,5,11H2,1H3,(H,12,13,18)(H,14,15,16,17). The van der Waals surface area contributed by atoms with E-state index in [-0.39, 0.29) is 17.5 Å². The van der Waals surface area contributed by atoms with Gasteiger partial charge in [0.1, 0.15) is 0 Å². The number of anilines is 1. The monoisotopic (exact) mass is 295 g/mol. The van der Waals surface area contributed by atoms with Gasteiger partial charge in [-0.05, 0) is 18.2 Å². The Morgan fingerprint density at radius 3 is 3.00 bits per heavy atom. The summed E-state index contributed by atoms with van der Waals surface area (Å²) in [6.45, 7) is 2.45. The van der Waals surface area contributed by atoms with Crippen molar-refractivity contribution in [2.24, 2.45) is 5.84 Å². The summed E-state index contributed by atoms with van der Waals surface area (Å²) in [5.41, 5.74) is 2.08. The highest BCUT2D eigenvalue weighted by Crippen LogP contribution is 2.22. The zero-order valence-corrected chi connectivity index (χ0v) is 11.5. The van der Waals surface area contributed by atoms with Gasteiger partial charge in [-0.1, -0.05) is 6.92 Å². The molecule has 0 aromatic carbocycles. The van der Waals surface area contributed by atoms with Crippen LogP contribution in [0.15, 0.2) is 27.4 Å². The highest BCUT2D eigenvalue weighted by Gasteiger charge is 2.09. The average Bonchev–Trinajstić information content (AvgIpc) is 2.45. The molecule has 9 nitrogen and oxygen atoms in total. The first kappa shape index (κ1) is 14.2. The van der Waals surface area contributed by atoms with E-state index >= 15 is 0 Å². The van der Waals surface area contributed by atoms with Gasteiger partial charge in [0.25, 0.3) is 5.56 Å².